The van der Waals surface area contributed by atoms with Gasteiger partial charge in [-0.05, 0) is 63.3 Å². The zero-order valence-electron chi connectivity index (χ0n) is 14.4. The van der Waals surface area contributed by atoms with Gasteiger partial charge in [-0.15, -0.1) is 0 Å². The van der Waals surface area contributed by atoms with Crippen LogP contribution < -0.4 is 9.47 Å². The SMILES string of the molecule is CCc1ccc(OCC(=O)Oc2ccc(-c3ccccc3)cc2)c(Br)c1. The minimum Gasteiger partial charge on any atom is -0.481 e. The molecule has 26 heavy (non-hydrogen) atoms. The number of halogens is 1. The molecule has 0 aromatic heterocycles. The number of benzene rings is 3. The van der Waals surface area contributed by atoms with Crippen LogP contribution in [-0.4, -0.2) is 12.6 Å². The number of hydrogen-bond donors (Lipinski definition) is 0. The first-order valence-corrected chi connectivity index (χ1v) is 9.22. The third-order valence-corrected chi connectivity index (χ3v) is 4.56. The van der Waals surface area contributed by atoms with Crippen LogP contribution in [0.5, 0.6) is 11.5 Å². The van der Waals surface area contributed by atoms with Crippen molar-refractivity contribution in [2.45, 2.75) is 13.3 Å². The van der Waals surface area contributed by atoms with Gasteiger partial charge in [0, 0.05) is 0 Å². The molecule has 0 saturated heterocycles. The van der Waals surface area contributed by atoms with Crippen LogP contribution in [0.3, 0.4) is 0 Å². The van der Waals surface area contributed by atoms with E-state index in [1.807, 2.05) is 60.7 Å². The number of hydrogen-bond acceptors (Lipinski definition) is 3. The van der Waals surface area contributed by atoms with Gasteiger partial charge in [0.15, 0.2) is 6.61 Å². The predicted octanol–water partition coefficient (Wildman–Crippen LogP) is 5.66. The number of rotatable bonds is 6. The molecule has 0 heterocycles. The monoisotopic (exact) mass is 410 g/mol. The normalized spacial score (nSPS) is 10.4. The van der Waals surface area contributed by atoms with Crippen molar-refractivity contribution in [2.75, 3.05) is 6.61 Å². The molecule has 0 saturated carbocycles. The lowest BCUT2D eigenvalue weighted by Crippen LogP contribution is -2.17. The fourth-order valence-electron chi connectivity index (χ4n) is 2.52. The van der Waals surface area contributed by atoms with Gasteiger partial charge in [-0.2, -0.15) is 0 Å². The van der Waals surface area contributed by atoms with E-state index < -0.39 is 5.97 Å². The molecule has 132 valence electrons. The highest BCUT2D eigenvalue weighted by Gasteiger charge is 2.09. The molecular formula is C22H19BrO3. The van der Waals surface area contributed by atoms with Crippen LogP contribution in [0.1, 0.15) is 12.5 Å². The highest BCUT2D eigenvalue weighted by molar-refractivity contribution is 9.10. The Kier molecular flexibility index (Phi) is 6.08. The van der Waals surface area contributed by atoms with E-state index >= 15 is 0 Å². The van der Waals surface area contributed by atoms with Crippen molar-refractivity contribution in [3.8, 4) is 22.6 Å². The molecule has 3 aromatic carbocycles. The zero-order valence-corrected chi connectivity index (χ0v) is 16.0. The van der Waals surface area contributed by atoms with Crippen molar-refractivity contribution >= 4 is 21.9 Å². The Hall–Kier alpha value is -2.59. The minimum absolute atomic E-state index is 0.148. The van der Waals surface area contributed by atoms with E-state index in [0.717, 1.165) is 22.0 Å². The molecule has 0 amide bonds. The van der Waals surface area contributed by atoms with E-state index in [9.17, 15) is 4.79 Å². The van der Waals surface area contributed by atoms with Gasteiger partial charge >= 0.3 is 5.97 Å². The molecule has 0 aliphatic heterocycles. The predicted molar refractivity (Wildman–Crippen MR) is 107 cm³/mol. The molecule has 0 N–H and O–H groups in total. The Morgan fingerprint density at radius 3 is 2.27 bits per heavy atom. The average molecular weight is 411 g/mol. The summed E-state index contributed by atoms with van der Waals surface area (Å²) in [5.41, 5.74) is 3.39. The molecule has 4 heteroatoms. The Morgan fingerprint density at radius 1 is 0.923 bits per heavy atom. The second-order valence-electron chi connectivity index (χ2n) is 5.77. The second kappa shape index (κ2) is 8.68. The lowest BCUT2D eigenvalue weighted by Gasteiger charge is -2.10. The Balaban J connectivity index is 1.56. The molecule has 0 fully saturated rings. The fraction of sp³-hybridized carbons (Fsp3) is 0.136. The first-order valence-electron chi connectivity index (χ1n) is 8.43. The molecule has 0 spiro atoms. The van der Waals surface area contributed by atoms with Crippen LogP contribution in [0.4, 0.5) is 0 Å². The molecular weight excluding hydrogens is 392 g/mol. The van der Waals surface area contributed by atoms with Gasteiger partial charge in [-0.1, -0.05) is 55.5 Å². The molecule has 3 nitrogen and oxygen atoms in total. The maximum absolute atomic E-state index is 12.0. The number of esters is 1. The van der Waals surface area contributed by atoms with Crippen molar-refractivity contribution < 1.29 is 14.3 Å². The van der Waals surface area contributed by atoms with Gasteiger partial charge in [0.2, 0.25) is 0 Å². The first kappa shape index (κ1) is 18.2. The van der Waals surface area contributed by atoms with Crippen molar-refractivity contribution in [3.63, 3.8) is 0 Å². The lowest BCUT2D eigenvalue weighted by atomic mass is 10.1. The first-order chi connectivity index (χ1) is 12.7. The molecule has 0 atom stereocenters. The third kappa shape index (κ3) is 4.73. The summed E-state index contributed by atoms with van der Waals surface area (Å²) >= 11 is 3.46. The Bertz CT molecular complexity index is 874. The van der Waals surface area contributed by atoms with Crippen molar-refractivity contribution in [2.24, 2.45) is 0 Å². The fourth-order valence-corrected chi connectivity index (χ4v) is 3.07. The summed E-state index contributed by atoms with van der Waals surface area (Å²) in [4.78, 5) is 12.0. The standard InChI is InChI=1S/C22H19BrO3/c1-2-16-8-13-21(20(23)14-16)25-15-22(24)26-19-11-9-18(10-12-19)17-6-4-3-5-7-17/h3-14H,2,15H2,1H3. The van der Waals surface area contributed by atoms with Crippen LogP contribution in [0.25, 0.3) is 11.1 Å². The van der Waals surface area contributed by atoms with E-state index in [0.29, 0.717) is 11.5 Å². The summed E-state index contributed by atoms with van der Waals surface area (Å²) in [7, 11) is 0. The summed E-state index contributed by atoms with van der Waals surface area (Å²) in [6.07, 6.45) is 0.944. The van der Waals surface area contributed by atoms with Crippen molar-refractivity contribution in [3.05, 3.63) is 82.8 Å². The number of carbonyl (C=O) groups is 1. The van der Waals surface area contributed by atoms with E-state index in [4.69, 9.17) is 9.47 Å². The van der Waals surface area contributed by atoms with Gasteiger partial charge < -0.3 is 9.47 Å². The second-order valence-corrected chi connectivity index (χ2v) is 6.63. The maximum atomic E-state index is 12.0. The van der Waals surface area contributed by atoms with E-state index in [1.165, 1.54) is 5.56 Å². The number of aryl methyl sites for hydroxylation is 1. The quantitative estimate of drug-likeness (QED) is 0.388. The van der Waals surface area contributed by atoms with Gasteiger partial charge in [-0.3, -0.25) is 0 Å². The highest BCUT2D eigenvalue weighted by Crippen LogP contribution is 2.26. The van der Waals surface area contributed by atoms with Gasteiger partial charge in [-0.25, -0.2) is 4.79 Å². The van der Waals surface area contributed by atoms with Crippen LogP contribution in [0, 0.1) is 0 Å². The molecule has 0 bridgehead atoms. The number of carbonyl (C=O) groups excluding carboxylic acids is 1. The minimum atomic E-state index is -0.441. The lowest BCUT2D eigenvalue weighted by molar-refractivity contribution is -0.136. The molecule has 0 radical (unpaired) electrons. The van der Waals surface area contributed by atoms with Crippen molar-refractivity contribution in [1.82, 2.24) is 0 Å². The van der Waals surface area contributed by atoms with E-state index in [2.05, 4.69) is 22.9 Å². The molecule has 3 rings (SSSR count). The number of ether oxygens (including phenoxy) is 2. The topological polar surface area (TPSA) is 35.5 Å². The highest BCUT2D eigenvalue weighted by atomic mass is 79.9. The molecule has 0 aliphatic carbocycles. The smallest absolute Gasteiger partial charge is 0.349 e. The van der Waals surface area contributed by atoms with E-state index in [-0.39, 0.29) is 6.61 Å². The average Bonchev–Trinajstić information content (AvgIpc) is 2.68. The summed E-state index contributed by atoms with van der Waals surface area (Å²) in [5.74, 6) is 0.682. The van der Waals surface area contributed by atoms with Gasteiger partial charge in [0.05, 0.1) is 4.47 Å². The van der Waals surface area contributed by atoms with Crippen molar-refractivity contribution in [1.29, 1.82) is 0 Å². The summed E-state index contributed by atoms with van der Waals surface area (Å²) < 4.78 is 11.7. The zero-order chi connectivity index (χ0) is 18.4. The maximum Gasteiger partial charge on any atom is 0.349 e. The Labute approximate surface area is 161 Å². The van der Waals surface area contributed by atoms with Crippen LogP contribution in [-0.2, 0) is 11.2 Å². The largest absolute Gasteiger partial charge is 0.481 e. The third-order valence-electron chi connectivity index (χ3n) is 3.94. The molecule has 0 aliphatic rings. The van der Waals surface area contributed by atoms with E-state index in [1.54, 1.807) is 12.1 Å². The summed E-state index contributed by atoms with van der Waals surface area (Å²) in [5, 5.41) is 0. The molecule has 3 aromatic rings. The van der Waals surface area contributed by atoms with Crippen LogP contribution in [0.2, 0.25) is 0 Å². The van der Waals surface area contributed by atoms with Gasteiger partial charge in [0.1, 0.15) is 11.5 Å². The van der Waals surface area contributed by atoms with Crippen LogP contribution >= 0.6 is 15.9 Å². The summed E-state index contributed by atoms with van der Waals surface area (Å²) in [6, 6.07) is 23.3. The summed E-state index contributed by atoms with van der Waals surface area (Å²) in [6.45, 7) is 1.94. The molecule has 0 unspecified atom stereocenters. The van der Waals surface area contributed by atoms with Crippen LogP contribution in [0.15, 0.2) is 77.3 Å². The van der Waals surface area contributed by atoms with Gasteiger partial charge in [0.25, 0.3) is 0 Å². The Morgan fingerprint density at radius 2 is 1.62 bits per heavy atom.